The van der Waals surface area contributed by atoms with E-state index in [0.717, 1.165) is 6.42 Å². The van der Waals surface area contributed by atoms with Gasteiger partial charge < -0.3 is 20.3 Å². The van der Waals surface area contributed by atoms with Gasteiger partial charge in [0.2, 0.25) is 17.7 Å². The maximum Gasteiger partial charge on any atom is 0.239 e. The summed E-state index contributed by atoms with van der Waals surface area (Å²) in [6.07, 6.45) is 2.54. The summed E-state index contributed by atoms with van der Waals surface area (Å²) >= 11 is 1.31. The quantitative estimate of drug-likeness (QED) is 0.569. The SMILES string of the molecule is COCCN(CC(=O)NCCC(C)C)C(=O)CCC(=O)Nc1nccs1. The second-order valence-electron chi connectivity index (χ2n) is 6.23. The molecule has 1 aromatic rings. The van der Waals surface area contributed by atoms with E-state index in [9.17, 15) is 14.4 Å². The number of aromatic nitrogens is 1. The zero-order chi connectivity index (χ0) is 19.4. The Hall–Kier alpha value is -2.00. The number of hydrogen-bond donors (Lipinski definition) is 2. The summed E-state index contributed by atoms with van der Waals surface area (Å²) in [6.45, 7) is 5.35. The second kappa shape index (κ2) is 12.4. The minimum absolute atomic E-state index is 0.0280. The van der Waals surface area contributed by atoms with Crippen molar-refractivity contribution < 1.29 is 19.1 Å². The number of nitrogens with one attached hydrogen (secondary N) is 2. The van der Waals surface area contributed by atoms with E-state index in [1.807, 2.05) is 0 Å². The molecular weight excluding hydrogens is 356 g/mol. The van der Waals surface area contributed by atoms with Crippen LogP contribution in [0.4, 0.5) is 5.13 Å². The predicted molar refractivity (Wildman–Crippen MR) is 101 cm³/mol. The van der Waals surface area contributed by atoms with Crippen molar-refractivity contribution in [3.63, 3.8) is 0 Å². The Morgan fingerprint density at radius 1 is 1.27 bits per heavy atom. The van der Waals surface area contributed by atoms with Gasteiger partial charge in [-0.3, -0.25) is 14.4 Å². The number of methoxy groups -OCH3 is 1. The molecule has 0 unspecified atom stereocenters. The molecule has 0 spiro atoms. The first-order valence-electron chi connectivity index (χ1n) is 8.65. The zero-order valence-electron chi connectivity index (χ0n) is 15.6. The van der Waals surface area contributed by atoms with Crippen molar-refractivity contribution in [2.24, 2.45) is 5.92 Å². The van der Waals surface area contributed by atoms with E-state index in [1.54, 1.807) is 11.6 Å². The third-order valence-corrected chi connectivity index (χ3v) is 4.23. The maximum absolute atomic E-state index is 12.4. The van der Waals surface area contributed by atoms with Gasteiger partial charge in [-0.05, 0) is 12.3 Å². The van der Waals surface area contributed by atoms with E-state index < -0.39 is 0 Å². The fourth-order valence-electron chi connectivity index (χ4n) is 2.07. The summed E-state index contributed by atoms with van der Waals surface area (Å²) in [4.78, 5) is 41.6. The van der Waals surface area contributed by atoms with Crippen LogP contribution in [-0.2, 0) is 19.1 Å². The Morgan fingerprint density at radius 2 is 2.04 bits per heavy atom. The summed E-state index contributed by atoms with van der Waals surface area (Å²) in [7, 11) is 1.53. The Morgan fingerprint density at radius 3 is 2.65 bits per heavy atom. The van der Waals surface area contributed by atoms with E-state index >= 15 is 0 Å². The Labute approximate surface area is 158 Å². The molecule has 0 aliphatic carbocycles. The van der Waals surface area contributed by atoms with Crippen molar-refractivity contribution in [2.75, 3.05) is 38.7 Å². The molecule has 0 saturated carbocycles. The molecule has 0 saturated heterocycles. The topological polar surface area (TPSA) is 101 Å². The Kier molecular flexibility index (Phi) is 10.5. The van der Waals surface area contributed by atoms with Crippen molar-refractivity contribution in [1.29, 1.82) is 0 Å². The van der Waals surface area contributed by atoms with Crippen molar-refractivity contribution in [2.45, 2.75) is 33.1 Å². The van der Waals surface area contributed by atoms with Crippen LogP contribution in [0.25, 0.3) is 0 Å². The smallest absolute Gasteiger partial charge is 0.239 e. The standard InChI is InChI=1S/C17H28N4O4S/c1-13(2)6-7-18-15(23)12-21(9-10-25-3)16(24)5-4-14(22)20-17-19-8-11-26-17/h8,11,13H,4-7,9-10,12H2,1-3H3,(H,18,23)(H,19,20,22). The lowest BCUT2D eigenvalue weighted by Crippen LogP contribution is -2.42. The number of carbonyl (C=O) groups excluding carboxylic acids is 3. The molecule has 8 nitrogen and oxygen atoms in total. The number of thiazole rings is 1. The van der Waals surface area contributed by atoms with Crippen LogP contribution < -0.4 is 10.6 Å². The fraction of sp³-hybridized carbons (Fsp3) is 0.647. The maximum atomic E-state index is 12.4. The highest BCUT2D eigenvalue weighted by molar-refractivity contribution is 7.13. The van der Waals surface area contributed by atoms with Crippen LogP contribution in [0.1, 0.15) is 33.1 Å². The molecule has 0 fully saturated rings. The summed E-state index contributed by atoms with van der Waals surface area (Å²) in [5.74, 6) is -0.239. The van der Waals surface area contributed by atoms with Crippen LogP contribution in [0.3, 0.4) is 0 Å². The lowest BCUT2D eigenvalue weighted by atomic mass is 10.1. The van der Waals surface area contributed by atoms with E-state index in [1.165, 1.54) is 23.3 Å². The van der Waals surface area contributed by atoms with Gasteiger partial charge in [-0.2, -0.15) is 0 Å². The van der Waals surface area contributed by atoms with Crippen molar-refractivity contribution >= 4 is 34.2 Å². The number of carbonyl (C=O) groups is 3. The number of rotatable bonds is 12. The summed E-state index contributed by atoms with van der Waals surface area (Å²) < 4.78 is 5.00. The minimum Gasteiger partial charge on any atom is -0.383 e. The predicted octanol–water partition coefficient (Wildman–Crippen LogP) is 1.50. The van der Waals surface area contributed by atoms with Crippen molar-refractivity contribution in [3.05, 3.63) is 11.6 Å². The van der Waals surface area contributed by atoms with Crippen LogP contribution in [0.15, 0.2) is 11.6 Å². The van der Waals surface area contributed by atoms with Gasteiger partial charge in [0, 0.05) is 44.6 Å². The van der Waals surface area contributed by atoms with Gasteiger partial charge in [0.1, 0.15) is 0 Å². The van der Waals surface area contributed by atoms with Crippen LogP contribution in [-0.4, -0.2) is 61.0 Å². The van der Waals surface area contributed by atoms with Gasteiger partial charge >= 0.3 is 0 Å². The summed E-state index contributed by atoms with van der Waals surface area (Å²) in [5, 5.41) is 7.70. The molecule has 1 rings (SSSR count). The molecule has 2 N–H and O–H groups in total. The molecule has 0 aliphatic heterocycles. The first kappa shape index (κ1) is 22.0. The molecule has 0 aliphatic rings. The summed E-state index contributed by atoms with van der Waals surface area (Å²) in [5.41, 5.74) is 0. The van der Waals surface area contributed by atoms with Gasteiger partial charge in [-0.25, -0.2) is 4.98 Å². The average Bonchev–Trinajstić information content (AvgIpc) is 3.09. The number of nitrogens with zero attached hydrogens (tertiary/aromatic N) is 2. The van der Waals surface area contributed by atoms with E-state index in [4.69, 9.17) is 4.74 Å². The molecule has 0 atom stereocenters. The first-order chi connectivity index (χ1) is 12.4. The molecule has 0 bridgehead atoms. The van der Waals surface area contributed by atoms with E-state index in [0.29, 0.717) is 30.7 Å². The fourth-order valence-corrected chi connectivity index (χ4v) is 2.61. The highest BCUT2D eigenvalue weighted by atomic mass is 32.1. The number of anilines is 1. The molecule has 1 aromatic heterocycles. The molecule has 146 valence electrons. The number of ether oxygens (including phenoxy) is 1. The molecule has 26 heavy (non-hydrogen) atoms. The lowest BCUT2D eigenvalue weighted by Gasteiger charge is -2.22. The molecule has 0 radical (unpaired) electrons. The zero-order valence-corrected chi connectivity index (χ0v) is 16.4. The first-order valence-corrected chi connectivity index (χ1v) is 9.53. The van der Waals surface area contributed by atoms with Gasteiger partial charge in [0.05, 0.1) is 13.2 Å². The van der Waals surface area contributed by atoms with E-state index in [2.05, 4.69) is 29.5 Å². The summed E-state index contributed by atoms with van der Waals surface area (Å²) in [6, 6.07) is 0. The second-order valence-corrected chi connectivity index (χ2v) is 7.12. The third-order valence-electron chi connectivity index (χ3n) is 3.54. The normalized spacial score (nSPS) is 10.6. The van der Waals surface area contributed by atoms with Crippen LogP contribution in [0.5, 0.6) is 0 Å². The number of amides is 3. The largest absolute Gasteiger partial charge is 0.383 e. The van der Waals surface area contributed by atoms with Gasteiger partial charge in [-0.1, -0.05) is 13.8 Å². The van der Waals surface area contributed by atoms with Crippen molar-refractivity contribution in [1.82, 2.24) is 15.2 Å². The van der Waals surface area contributed by atoms with Gasteiger partial charge in [0.25, 0.3) is 0 Å². The third kappa shape index (κ3) is 9.47. The van der Waals surface area contributed by atoms with Gasteiger partial charge in [-0.15, -0.1) is 11.3 Å². The molecule has 0 aromatic carbocycles. The van der Waals surface area contributed by atoms with Gasteiger partial charge in [0.15, 0.2) is 5.13 Å². The lowest BCUT2D eigenvalue weighted by molar-refractivity contribution is -0.137. The van der Waals surface area contributed by atoms with Crippen LogP contribution in [0.2, 0.25) is 0 Å². The molecule has 1 heterocycles. The highest BCUT2D eigenvalue weighted by Crippen LogP contribution is 2.11. The van der Waals surface area contributed by atoms with Crippen LogP contribution in [0, 0.1) is 5.92 Å². The molecule has 3 amide bonds. The van der Waals surface area contributed by atoms with Crippen molar-refractivity contribution in [3.8, 4) is 0 Å². The highest BCUT2D eigenvalue weighted by Gasteiger charge is 2.18. The Bertz CT molecular complexity index is 563. The van der Waals surface area contributed by atoms with E-state index in [-0.39, 0.29) is 37.1 Å². The Balaban J connectivity index is 2.43. The molecular formula is C17H28N4O4S. The average molecular weight is 385 g/mol. The monoisotopic (exact) mass is 384 g/mol. The minimum atomic E-state index is -0.277. The van der Waals surface area contributed by atoms with Crippen LogP contribution >= 0.6 is 11.3 Å². The number of hydrogen-bond acceptors (Lipinski definition) is 6. The molecule has 9 heteroatoms.